The molecule has 0 unspecified atom stereocenters. The molecule has 2 nitrogen and oxygen atoms in total. The van der Waals surface area contributed by atoms with E-state index in [1.165, 1.54) is 102 Å². The largest absolute Gasteiger partial charge is 0.359 e. The lowest BCUT2D eigenvalue weighted by atomic mass is 10.1. The highest BCUT2D eigenvalue weighted by molar-refractivity contribution is 5.83. The lowest BCUT2D eigenvalue weighted by molar-refractivity contribution is 0.427. The third kappa shape index (κ3) is 9.16. The predicted molar refractivity (Wildman–Crippen MR) is 95.2 cm³/mol. The average molecular weight is 295 g/mol. The standard InChI is InChI=1S/C19H38N2/c1-3-5-7-8-9-10-11-12-13-15-19-20-16-18-21(19)17-14-6-4-2/h3-18H2,1-2H3. The summed E-state index contributed by atoms with van der Waals surface area (Å²) in [6.07, 6.45) is 18.0. The van der Waals surface area contributed by atoms with Crippen LogP contribution in [0, 0.1) is 0 Å². The van der Waals surface area contributed by atoms with Gasteiger partial charge in [0.25, 0.3) is 0 Å². The Morgan fingerprint density at radius 3 is 2.00 bits per heavy atom. The molecular formula is C19H38N2. The van der Waals surface area contributed by atoms with E-state index in [1.54, 1.807) is 0 Å². The average Bonchev–Trinajstić information content (AvgIpc) is 2.93. The monoisotopic (exact) mass is 294 g/mol. The minimum atomic E-state index is 1.04. The highest BCUT2D eigenvalue weighted by Crippen LogP contribution is 2.14. The minimum Gasteiger partial charge on any atom is -0.359 e. The maximum absolute atomic E-state index is 4.71. The van der Waals surface area contributed by atoms with Crippen molar-refractivity contribution >= 4 is 5.84 Å². The Balaban J connectivity index is 1.94. The molecule has 0 bridgehead atoms. The first-order valence-corrected chi connectivity index (χ1v) is 9.66. The summed E-state index contributed by atoms with van der Waals surface area (Å²) in [5, 5.41) is 0. The summed E-state index contributed by atoms with van der Waals surface area (Å²) in [6.45, 7) is 8.03. The van der Waals surface area contributed by atoms with E-state index in [2.05, 4.69) is 18.7 Å². The Hall–Kier alpha value is -0.530. The fourth-order valence-electron chi connectivity index (χ4n) is 3.15. The summed E-state index contributed by atoms with van der Waals surface area (Å²) in [5.41, 5.74) is 0. The van der Waals surface area contributed by atoms with Crippen molar-refractivity contribution in [3.05, 3.63) is 0 Å². The molecule has 0 radical (unpaired) electrons. The molecule has 1 aliphatic rings. The number of nitrogens with zero attached hydrogens (tertiary/aromatic N) is 2. The molecule has 124 valence electrons. The second kappa shape index (κ2) is 13.2. The molecule has 2 heteroatoms. The van der Waals surface area contributed by atoms with Crippen LogP contribution in [0.3, 0.4) is 0 Å². The molecule has 0 spiro atoms. The fourth-order valence-corrected chi connectivity index (χ4v) is 3.15. The van der Waals surface area contributed by atoms with Gasteiger partial charge in [0.2, 0.25) is 0 Å². The Kier molecular flexibility index (Phi) is 11.6. The second-order valence-electron chi connectivity index (χ2n) is 6.57. The summed E-state index contributed by atoms with van der Waals surface area (Å²) in [5.74, 6) is 1.41. The van der Waals surface area contributed by atoms with Crippen LogP contribution in [0.5, 0.6) is 0 Å². The molecule has 0 atom stereocenters. The molecule has 0 aliphatic carbocycles. The van der Waals surface area contributed by atoms with Gasteiger partial charge < -0.3 is 4.90 Å². The quantitative estimate of drug-likeness (QED) is 0.369. The van der Waals surface area contributed by atoms with E-state index in [-0.39, 0.29) is 0 Å². The van der Waals surface area contributed by atoms with Gasteiger partial charge in [0.15, 0.2) is 0 Å². The number of amidine groups is 1. The van der Waals surface area contributed by atoms with Gasteiger partial charge in [-0.15, -0.1) is 0 Å². The van der Waals surface area contributed by atoms with Crippen molar-refractivity contribution in [2.45, 2.75) is 97.3 Å². The van der Waals surface area contributed by atoms with Crippen LogP contribution in [0.15, 0.2) is 4.99 Å². The molecule has 1 heterocycles. The lowest BCUT2D eigenvalue weighted by Gasteiger charge is -2.20. The molecule has 0 saturated heterocycles. The van der Waals surface area contributed by atoms with Crippen molar-refractivity contribution < 1.29 is 0 Å². The highest BCUT2D eigenvalue weighted by Gasteiger charge is 2.15. The summed E-state index contributed by atoms with van der Waals surface area (Å²) >= 11 is 0. The first kappa shape index (κ1) is 18.5. The van der Waals surface area contributed by atoms with Crippen molar-refractivity contribution in [3.8, 4) is 0 Å². The van der Waals surface area contributed by atoms with Crippen LogP contribution < -0.4 is 0 Å². The summed E-state index contributed by atoms with van der Waals surface area (Å²) < 4.78 is 0. The number of hydrogen-bond donors (Lipinski definition) is 0. The normalized spacial score (nSPS) is 14.8. The van der Waals surface area contributed by atoms with Crippen molar-refractivity contribution in [1.29, 1.82) is 0 Å². The van der Waals surface area contributed by atoms with Crippen LogP contribution in [0.2, 0.25) is 0 Å². The van der Waals surface area contributed by atoms with Crippen LogP contribution in [0.25, 0.3) is 0 Å². The number of aliphatic imine (C=N–C) groups is 1. The van der Waals surface area contributed by atoms with Gasteiger partial charge in [-0.05, 0) is 12.8 Å². The van der Waals surface area contributed by atoms with E-state index in [9.17, 15) is 0 Å². The molecule has 1 aliphatic heterocycles. The zero-order valence-electron chi connectivity index (χ0n) is 14.7. The highest BCUT2D eigenvalue weighted by atomic mass is 15.2. The van der Waals surface area contributed by atoms with Crippen molar-refractivity contribution in [2.75, 3.05) is 19.6 Å². The molecular weight excluding hydrogens is 256 g/mol. The minimum absolute atomic E-state index is 1.04. The predicted octanol–water partition coefficient (Wildman–Crippen LogP) is 5.81. The van der Waals surface area contributed by atoms with Gasteiger partial charge in [-0.1, -0.05) is 78.1 Å². The zero-order valence-corrected chi connectivity index (χ0v) is 14.7. The van der Waals surface area contributed by atoms with Crippen LogP contribution in [-0.4, -0.2) is 30.4 Å². The SMILES string of the molecule is CCCCCCCCCCCC1=NCCN1CCCCC. The van der Waals surface area contributed by atoms with E-state index < -0.39 is 0 Å². The molecule has 21 heavy (non-hydrogen) atoms. The number of unbranched alkanes of at least 4 members (excludes halogenated alkanes) is 10. The van der Waals surface area contributed by atoms with Crippen molar-refractivity contribution in [1.82, 2.24) is 4.90 Å². The summed E-state index contributed by atoms with van der Waals surface area (Å²) in [4.78, 5) is 7.25. The molecule has 0 fully saturated rings. The molecule has 0 aromatic heterocycles. The van der Waals surface area contributed by atoms with Crippen LogP contribution >= 0.6 is 0 Å². The zero-order chi connectivity index (χ0) is 15.2. The Morgan fingerprint density at radius 2 is 1.33 bits per heavy atom. The van der Waals surface area contributed by atoms with E-state index in [0.717, 1.165) is 6.54 Å². The van der Waals surface area contributed by atoms with Gasteiger partial charge in [0.1, 0.15) is 0 Å². The third-order valence-corrected chi connectivity index (χ3v) is 4.56. The molecule has 0 aromatic carbocycles. The van der Waals surface area contributed by atoms with E-state index in [1.807, 2.05) is 0 Å². The van der Waals surface area contributed by atoms with Gasteiger partial charge in [-0.2, -0.15) is 0 Å². The lowest BCUT2D eigenvalue weighted by Crippen LogP contribution is -2.28. The molecule has 0 amide bonds. The maximum Gasteiger partial charge on any atom is 0.0990 e. The second-order valence-corrected chi connectivity index (χ2v) is 6.57. The summed E-state index contributed by atoms with van der Waals surface area (Å²) in [6, 6.07) is 0. The van der Waals surface area contributed by atoms with E-state index in [0.29, 0.717) is 0 Å². The van der Waals surface area contributed by atoms with Crippen LogP contribution in [-0.2, 0) is 0 Å². The Morgan fingerprint density at radius 1 is 0.762 bits per heavy atom. The van der Waals surface area contributed by atoms with Crippen molar-refractivity contribution in [3.63, 3.8) is 0 Å². The summed E-state index contributed by atoms with van der Waals surface area (Å²) in [7, 11) is 0. The third-order valence-electron chi connectivity index (χ3n) is 4.56. The number of hydrogen-bond acceptors (Lipinski definition) is 2. The van der Waals surface area contributed by atoms with Gasteiger partial charge in [-0.25, -0.2) is 0 Å². The van der Waals surface area contributed by atoms with Crippen LogP contribution in [0.4, 0.5) is 0 Å². The van der Waals surface area contributed by atoms with Gasteiger partial charge in [-0.3, -0.25) is 4.99 Å². The van der Waals surface area contributed by atoms with Crippen LogP contribution in [0.1, 0.15) is 97.3 Å². The molecule has 1 rings (SSSR count). The van der Waals surface area contributed by atoms with E-state index in [4.69, 9.17) is 4.99 Å². The van der Waals surface area contributed by atoms with Crippen molar-refractivity contribution in [2.24, 2.45) is 4.99 Å². The fraction of sp³-hybridized carbons (Fsp3) is 0.947. The maximum atomic E-state index is 4.71. The van der Waals surface area contributed by atoms with Gasteiger partial charge >= 0.3 is 0 Å². The smallest absolute Gasteiger partial charge is 0.0990 e. The molecule has 0 saturated carbocycles. The Bertz CT molecular complexity index is 260. The molecule has 0 aromatic rings. The first-order chi connectivity index (χ1) is 10.4. The number of rotatable bonds is 14. The van der Waals surface area contributed by atoms with Gasteiger partial charge in [0, 0.05) is 19.5 Å². The van der Waals surface area contributed by atoms with E-state index >= 15 is 0 Å². The van der Waals surface area contributed by atoms with Gasteiger partial charge in [0.05, 0.1) is 12.4 Å². The first-order valence-electron chi connectivity index (χ1n) is 9.66. The topological polar surface area (TPSA) is 15.6 Å². The Labute approximate surface area is 133 Å². The molecule has 0 N–H and O–H groups in total.